The molecule has 0 aliphatic carbocycles. The molecule has 2 unspecified atom stereocenters. The topological polar surface area (TPSA) is 90.5 Å². The van der Waals surface area contributed by atoms with Crippen molar-refractivity contribution in [3.63, 3.8) is 0 Å². The van der Waals surface area contributed by atoms with Gasteiger partial charge in [-0.2, -0.15) is 13.1 Å². The Labute approximate surface area is 182 Å². The van der Waals surface area contributed by atoms with Gasteiger partial charge in [0.25, 0.3) is 0 Å². The number of carbonyl (C=O) groups excluding carboxylic acids is 2. The van der Waals surface area contributed by atoms with Gasteiger partial charge in [0.2, 0.25) is 0 Å². The van der Waals surface area contributed by atoms with Gasteiger partial charge in [0.15, 0.2) is 0 Å². The minimum absolute atomic E-state index is 0. The Kier molecular flexibility index (Phi) is 46.4. The van der Waals surface area contributed by atoms with Gasteiger partial charge in [-0.3, -0.25) is 13.6 Å². The number of hydrogen-bond acceptors (Lipinski definition) is 2. The fourth-order valence-corrected chi connectivity index (χ4v) is 1.81. The maximum Gasteiger partial charge on any atom is 6.00 e. The molecule has 2 atom stereocenters. The van der Waals surface area contributed by atoms with E-state index in [4.69, 9.17) is 9.59 Å². The van der Waals surface area contributed by atoms with Crippen molar-refractivity contribution in [2.75, 3.05) is 13.1 Å². The number of hydrogen-bond donors (Lipinski definition) is 0. The summed E-state index contributed by atoms with van der Waals surface area (Å²) in [6.45, 7) is 25.4. The largest absolute Gasteiger partial charge is 6.00 e. The zero-order chi connectivity index (χ0) is 21.4. The van der Waals surface area contributed by atoms with E-state index in [9.17, 15) is 0 Å². The van der Waals surface area contributed by atoms with Crippen molar-refractivity contribution in [3.8, 4) is 0 Å². The zero-order valence-corrected chi connectivity index (χ0v) is 20.4. The van der Waals surface area contributed by atoms with E-state index in [1.54, 1.807) is 0 Å². The summed E-state index contributed by atoms with van der Waals surface area (Å²) in [5.74, 6) is 0. The average Bonchev–Trinajstić information content (AvgIpc) is 2.65. The van der Waals surface area contributed by atoms with E-state index in [1.807, 2.05) is 0 Å². The van der Waals surface area contributed by atoms with Gasteiger partial charge in [-0.05, 0) is 0 Å². The molecule has 162 valence electrons. The average molecular weight is 472 g/mol. The van der Waals surface area contributed by atoms with Gasteiger partial charge in [0.05, 0.1) is 0 Å². The Hall–Kier alpha value is -0.197. The predicted octanol–water partition coefficient (Wildman–Crippen LogP) is 6.03. The predicted molar refractivity (Wildman–Crippen MR) is 116 cm³/mol. The van der Waals surface area contributed by atoms with Crippen molar-refractivity contribution in [1.82, 2.24) is 0 Å². The van der Waals surface area contributed by atoms with Crippen molar-refractivity contribution < 1.29 is 29.1 Å². The summed E-state index contributed by atoms with van der Waals surface area (Å²) in [6.07, 6.45) is 4.83. The smallest absolute Gasteiger partial charge is 0.678 e. The van der Waals surface area contributed by atoms with Crippen LogP contribution in [0.4, 0.5) is 0 Å². The molecule has 27 heavy (non-hydrogen) atoms. The summed E-state index contributed by atoms with van der Waals surface area (Å²) >= 11 is 0. The minimum Gasteiger partial charge on any atom is -0.678 e. The molecule has 0 aliphatic heterocycles. The van der Waals surface area contributed by atoms with Crippen molar-refractivity contribution in [2.45, 2.75) is 105 Å². The molecule has 0 aromatic heterocycles. The van der Waals surface area contributed by atoms with Crippen LogP contribution in [0.2, 0.25) is 0 Å². The summed E-state index contributed by atoms with van der Waals surface area (Å²) < 4.78 is 0. The van der Waals surface area contributed by atoms with Crippen LogP contribution in [0.1, 0.15) is 81.1 Å². The quantitative estimate of drug-likeness (QED) is 0.198. The molecule has 7 heteroatoms. The molecule has 0 heterocycles. The molecule has 0 radical (unpaired) electrons. The van der Waals surface area contributed by atoms with Crippen LogP contribution in [-0.4, -0.2) is 51.1 Å². The van der Waals surface area contributed by atoms with Crippen LogP contribution in [0.15, 0.2) is 0 Å². The van der Waals surface area contributed by atoms with Crippen LogP contribution >= 0.6 is 0 Å². The van der Waals surface area contributed by atoms with E-state index in [2.05, 4.69) is 90.2 Å². The first kappa shape index (κ1) is 37.5. The Balaban J connectivity index is -0.0000000975. The van der Waals surface area contributed by atoms with Crippen molar-refractivity contribution in [2.24, 2.45) is 0 Å². The third-order valence-electron chi connectivity index (χ3n) is 2.80. The number of nitrogens with zero attached hydrogens (tertiary/aromatic N) is 4. The molecule has 6 nitrogen and oxygen atoms in total. The molecular weight excluding hydrogens is 429 g/mol. The fraction of sp³-hybridized carbons (Fsp3) is 0.900. The Morgan fingerprint density at radius 3 is 1.04 bits per heavy atom. The van der Waals surface area contributed by atoms with Crippen molar-refractivity contribution >= 4 is 13.6 Å². The van der Waals surface area contributed by atoms with Crippen LogP contribution < -0.4 is 0 Å². The SMILES string of the molecule is CCC[N-]C(CC)[N-]C(C)C.CCC[N-]C(CC)[N-]C(C)C.[CH-]=O.[CH-]=O.[Ru+6]. The Bertz CT molecular complexity index is 224. The molecule has 0 N–H and O–H groups in total. The third-order valence-corrected chi connectivity index (χ3v) is 2.80. The van der Waals surface area contributed by atoms with Gasteiger partial charge in [0.1, 0.15) is 0 Å². The maximum atomic E-state index is 7.75. The molecule has 0 amide bonds. The van der Waals surface area contributed by atoms with Crippen LogP contribution in [0.5, 0.6) is 0 Å². The standard InChI is InChI=1S/2C9H20N2.2CHO.Ru/c2*1-5-7-10-9(6-2)11-8(3)4;2*1-2;/h2*8-9H,5-7H2,1-4H3;2*1H;/q2*-2;2*-1;+6. The summed E-state index contributed by atoms with van der Waals surface area (Å²) in [4.78, 5) is 15.5. The molecule has 0 fully saturated rings. The number of rotatable bonds is 12. The molecule has 0 aromatic rings. The second-order valence-corrected chi connectivity index (χ2v) is 6.08. The fourth-order valence-electron chi connectivity index (χ4n) is 1.81. The molecule has 0 aromatic carbocycles. The van der Waals surface area contributed by atoms with Gasteiger partial charge in [0, 0.05) is 0 Å². The second kappa shape index (κ2) is 33.4. The first-order chi connectivity index (χ1) is 12.4. The van der Waals surface area contributed by atoms with Gasteiger partial charge >= 0.3 is 19.5 Å². The van der Waals surface area contributed by atoms with Crippen LogP contribution in [-0.2, 0) is 29.1 Å². The zero-order valence-electron chi connectivity index (χ0n) is 18.7. The Morgan fingerprint density at radius 1 is 0.630 bits per heavy atom. The second-order valence-electron chi connectivity index (χ2n) is 6.08. The monoisotopic (exact) mass is 472 g/mol. The van der Waals surface area contributed by atoms with Crippen molar-refractivity contribution in [3.05, 3.63) is 21.3 Å². The first-order valence-corrected chi connectivity index (χ1v) is 9.61. The van der Waals surface area contributed by atoms with Crippen LogP contribution in [0.25, 0.3) is 21.3 Å². The molecule has 0 spiro atoms. The van der Waals surface area contributed by atoms with E-state index in [-0.39, 0.29) is 31.8 Å². The van der Waals surface area contributed by atoms with Gasteiger partial charge < -0.3 is 30.9 Å². The van der Waals surface area contributed by atoms with E-state index in [1.165, 1.54) is 0 Å². The normalized spacial score (nSPS) is 11.6. The molecular formula is C20H42N4O2Ru. The molecule has 0 saturated carbocycles. The molecule has 0 aliphatic rings. The van der Waals surface area contributed by atoms with E-state index < -0.39 is 0 Å². The molecule has 0 rings (SSSR count). The maximum absolute atomic E-state index is 7.75. The molecule has 0 saturated heterocycles. The first-order valence-electron chi connectivity index (χ1n) is 9.61. The third kappa shape index (κ3) is 37.3. The molecule has 0 bridgehead atoms. The Morgan fingerprint density at radius 2 is 0.889 bits per heavy atom. The van der Waals surface area contributed by atoms with E-state index >= 15 is 0 Å². The summed E-state index contributed by atoms with van der Waals surface area (Å²) in [5, 5.41) is 17.8. The van der Waals surface area contributed by atoms with E-state index in [0.717, 1.165) is 38.8 Å². The minimum atomic E-state index is 0. The summed E-state index contributed by atoms with van der Waals surface area (Å²) in [5.41, 5.74) is 0. The van der Waals surface area contributed by atoms with Crippen LogP contribution in [0.3, 0.4) is 0 Å². The van der Waals surface area contributed by atoms with E-state index in [0.29, 0.717) is 12.1 Å². The summed E-state index contributed by atoms with van der Waals surface area (Å²) in [7, 11) is 0. The van der Waals surface area contributed by atoms with Gasteiger partial charge in [-0.15, -0.1) is 12.1 Å². The van der Waals surface area contributed by atoms with Gasteiger partial charge in [-0.1, -0.05) is 81.1 Å². The summed E-state index contributed by atoms with van der Waals surface area (Å²) in [6, 6.07) is 0.834. The van der Waals surface area contributed by atoms with Gasteiger partial charge in [-0.25, -0.2) is 12.3 Å². The van der Waals surface area contributed by atoms with Crippen LogP contribution in [0, 0.1) is 0 Å². The van der Waals surface area contributed by atoms with Crippen molar-refractivity contribution in [1.29, 1.82) is 0 Å².